The minimum absolute atomic E-state index is 0.00972. The van der Waals surface area contributed by atoms with Crippen LogP contribution < -0.4 is 20.9 Å². The number of carbonyl (C=O) groups is 2. The van der Waals surface area contributed by atoms with E-state index in [2.05, 4.69) is 16.2 Å². The summed E-state index contributed by atoms with van der Waals surface area (Å²) in [5.74, 6) is -1.36. The Kier molecular flexibility index (Phi) is 7.57. The van der Waals surface area contributed by atoms with Crippen LogP contribution in [0.1, 0.15) is 39.4 Å². The lowest BCUT2D eigenvalue weighted by Crippen LogP contribution is -2.41. The molecule has 3 aromatic carbocycles. The Labute approximate surface area is 217 Å². The van der Waals surface area contributed by atoms with Crippen molar-refractivity contribution in [1.29, 1.82) is 0 Å². The van der Waals surface area contributed by atoms with Crippen molar-refractivity contribution in [3.05, 3.63) is 106 Å². The van der Waals surface area contributed by atoms with Gasteiger partial charge in [-0.15, -0.1) is 0 Å². The van der Waals surface area contributed by atoms with Crippen LogP contribution in [0.5, 0.6) is 11.5 Å². The highest BCUT2D eigenvalue weighted by Crippen LogP contribution is 2.28. The van der Waals surface area contributed by atoms with E-state index in [1.54, 1.807) is 13.2 Å². The van der Waals surface area contributed by atoms with Crippen LogP contribution in [-0.2, 0) is 0 Å². The molecule has 4 aromatic rings. The number of hydrogen-bond acceptors (Lipinski definition) is 8. The first kappa shape index (κ1) is 25.8. The fourth-order valence-corrected chi connectivity index (χ4v) is 3.74. The summed E-state index contributed by atoms with van der Waals surface area (Å²) in [5, 5.41) is 23.9. The van der Waals surface area contributed by atoms with Crippen LogP contribution in [0.4, 0.5) is 11.4 Å². The Morgan fingerprint density at radius 3 is 2.32 bits per heavy atom. The van der Waals surface area contributed by atoms with Crippen molar-refractivity contribution in [3.8, 4) is 22.6 Å². The molecule has 1 aromatic heterocycles. The number of methoxy groups -OCH3 is 1. The molecule has 11 nitrogen and oxygen atoms in total. The van der Waals surface area contributed by atoms with Gasteiger partial charge in [-0.25, -0.2) is 0 Å². The van der Waals surface area contributed by atoms with Crippen LogP contribution in [0.3, 0.4) is 0 Å². The number of nitrogens with zero attached hydrogens (tertiary/aromatic N) is 1. The minimum Gasteiger partial charge on any atom is -0.502 e. The molecule has 0 bridgehead atoms. The largest absolute Gasteiger partial charge is 0.502 e. The standard InChI is InChI=1S/C27H24N4O7/c1-16(28-20-8-10-21(37-2)11-9-20)17-3-5-18(6-4-17)22-13-14-38-25(22)27(34)30-29-26(33)19-7-12-24(32)23(15-19)31(35)36/h3-16,28,32H,1-2H3,(H,29,33)(H,30,34). The first-order chi connectivity index (χ1) is 18.3. The van der Waals surface area contributed by atoms with Gasteiger partial charge in [-0.3, -0.25) is 30.6 Å². The molecule has 0 saturated carbocycles. The topological polar surface area (TPSA) is 156 Å². The van der Waals surface area contributed by atoms with Gasteiger partial charge in [0.25, 0.3) is 5.91 Å². The highest BCUT2D eigenvalue weighted by Gasteiger charge is 2.20. The molecule has 0 aliphatic carbocycles. The van der Waals surface area contributed by atoms with E-state index in [1.807, 2.05) is 55.5 Å². The number of phenolic OH excluding ortho intramolecular Hbond substituents is 1. The second-order valence-electron chi connectivity index (χ2n) is 8.25. The van der Waals surface area contributed by atoms with Crippen LogP contribution in [0.15, 0.2) is 83.5 Å². The van der Waals surface area contributed by atoms with Crippen LogP contribution >= 0.6 is 0 Å². The van der Waals surface area contributed by atoms with E-state index in [9.17, 15) is 24.8 Å². The molecule has 11 heteroatoms. The number of carbonyl (C=O) groups excluding carboxylic acids is 2. The Hall–Kier alpha value is -5.32. The fourth-order valence-electron chi connectivity index (χ4n) is 3.74. The average Bonchev–Trinajstić information content (AvgIpc) is 3.42. The molecule has 2 amide bonds. The number of nitro groups is 1. The predicted molar refractivity (Wildman–Crippen MR) is 139 cm³/mol. The maximum Gasteiger partial charge on any atom is 0.311 e. The zero-order valence-corrected chi connectivity index (χ0v) is 20.4. The average molecular weight is 517 g/mol. The van der Waals surface area contributed by atoms with Crippen molar-refractivity contribution in [2.45, 2.75) is 13.0 Å². The summed E-state index contributed by atoms with van der Waals surface area (Å²) in [6.45, 7) is 2.03. The Bertz CT molecular complexity index is 1460. The summed E-state index contributed by atoms with van der Waals surface area (Å²) in [5.41, 5.74) is 6.88. The second kappa shape index (κ2) is 11.2. The zero-order chi connectivity index (χ0) is 27.2. The number of aromatic hydroxyl groups is 1. The molecule has 1 atom stereocenters. The van der Waals surface area contributed by atoms with E-state index >= 15 is 0 Å². The van der Waals surface area contributed by atoms with Crippen molar-refractivity contribution in [3.63, 3.8) is 0 Å². The summed E-state index contributed by atoms with van der Waals surface area (Å²) in [6.07, 6.45) is 1.36. The molecule has 1 heterocycles. The summed E-state index contributed by atoms with van der Waals surface area (Å²) in [4.78, 5) is 35.2. The number of hydrogen-bond donors (Lipinski definition) is 4. The van der Waals surface area contributed by atoms with Crippen molar-refractivity contribution in [1.82, 2.24) is 10.9 Å². The molecule has 0 spiro atoms. The highest BCUT2D eigenvalue weighted by atomic mass is 16.6. The molecule has 38 heavy (non-hydrogen) atoms. The molecular formula is C27H24N4O7. The van der Waals surface area contributed by atoms with E-state index < -0.39 is 28.2 Å². The van der Waals surface area contributed by atoms with E-state index in [0.29, 0.717) is 5.56 Å². The molecule has 194 valence electrons. The third-order valence-corrected chi connectivity index (χ3v) is 5.79. The molecule has 0 saturated heterocycles. The number of furan rings is 1. The lowest BCUT2D eigenvalue weighted by molar-refractivity contribution is -0.385. The van der Waals surface area contributed by atoms with Crippen LogP contribution in [0.25, 0.3) is 11.1 Å². The molecule has 4 rings (SSSR count). The molecule has 1 unspecified atom stereocenters. The summed E-state index contributed by atoms with van der Waals surface area (Å²) in [6, 6.07) is 20.0. The Morgan fingerprint density at radius 1 is 0.974 bits per heavy atom. The Balaban J connectivity index is 1.41. The van der Waals surface area contributed by atoms with E-state index in [4.69, 9.17) is 9.15 Å². The lowest BCUT2D eigenvalue weighted by Gasteiger charge is -2.16. The second-order valence-corrected chi connectivity index (χ2v) is 8.25. The lowest BCUT2D eigenvalue weighted by atomic mass is 10.0. The number of benzene rings is 3. The van der Waals surface area contributed by atoms with Crippen molar-refractivity contribution >= 4 is 23.2 Å². The van der Waals surface area contributed by atoms with E-state index in [1.165, 1.54) is 12.3 Å². The van der Waals surface area contributed by atoms with Crippen molar-refractivity contribution < 1.29 is 28.8 Å². The number of ether oxygens (including phenoxy) is 1. The van der Waals surface area contributed by atoms with Gasteiger partial charge in [0.1, 0.15) is 5.75 Å². The van der Waals surface area contributed by atoms with Gasteiger partial charge in [-0.05, 0) is 60.5 Å². The minimum atomic E-state index is -0.818. The number of hydrazine groups is 1. The van der Waals surface area contributed by atoms with Gasteiger partial charge >= 0.3 is 11.6 Å². The van der Waals surface area contributed by atoms with E-state index in [0.717, 1.165) is 34.7 Å². The van der Waals surface area contributed by atoms with Gasteiger partial charge in [-0.2, -0.15) is 0 Å². The quantitative estimate of drug-likeness (QED) is 0.192. The van der Waals surface area contributed by atoms with Gasteiger partial charge in [0.05, 0.1) is 18.3 Å². The number of anilines is 1. The van der Waals surface area contributed by atoms with Gasteiger partial charge in [0.2, 0.25) is 5.76 Å². The summed E-state index contributed by atoms with van der Waals surface area (Å²) < 4.78 is 10.5. The molecule has 0 aliphatic heterocycles. The van der Waals surface area contributed by atoms with E-state index in [-0.39, 0.29) is 17.4 Å². The van der Waals surface area contributed by atoms with Crippen molar-refractivity contribution in [2.75, 3.05) is 12.4 Å². The summed E-state index contributed by atoms with van der Waals surface area (Å²) in [7, 11) is 1.62. The van der Waals surface area contributed by atoms with Gasteiger partial charge in [0.15, 0.2) is 5.75 Å². The van der Waals surface area contributed by atoms with Crippen molar-refractivity contribution in [2.24, 2.45) is 0 Å². The molecule has 0 radical (unpaired) electrons. The van der Waals surface area contributed by atoms with Gasteiger partial charge in [-0.1, -0.05) is 24.3 Å². The number of phenols is 1. The Morgan fingerprint density at radius 2 is 1.66 bits per heavy atom. The summed E-state index contributed by atoms with van der Waals surface area (Å²) >= 11 is 0. The zero-order valence-electron chi connectivity index (χ0n) is 20.4. The monoisotopic (exact) mass is 516 g/mol. The first-order valence-corrected chi connectivity index (χ1v) is 11.4. The number of nitrogens with one attached hydrogen (secondary N) is 3. The molecular weight excluding hydrogens is 492 g/mol. The smallest absolute Gasteiger partial charge is 0.311 e. The first-order valence-electron chi connectivity index (χ1n) is 11.4. The van der Waals surface area contributed by atoms with Gasteiger partial charge in [0, 0.05) is 28.9 Å². The maximum absolute atomic E-state index is 12.7. The van der Waals surface area contributed by atoms with Crippen LogP contribution in [0, 0.1) is 10.1 Å². The molecule has 0 aliphatic rings. The molecule has 0 fully saturated rings. The number of nitro benzene ring substituents is 1. The normalized spacial score (nSPS) is 11.3. The SMILES string of the molecule is COc1ccc(NC(C)c2ccc(-c3ccoc3C(=O)NNC(=O)c3ccc(O)c([N+](=O)[O-])c3)cc2)cc1. The highest BCUT2D eigenvalue weighted by molar-refractivity contribution is 6.01. The number of amides is 2. The predicted octanol–water partition coefficient (Wildman–Crippen LogP) is 4.82. The molecule has 4 N–H and O–H groups in total. The third kappa shape index (κ3) is 5.73. The fraction of sp³-hybridized carbons (Fsp3) is 0.111. The maximum atomic E-state index is 12.7. The van der Waals surface area contributed by atoms with Crippen LogP contribution in [-0.4, -0.2) is 29.0 Å². The van der Waals surface area contributed by atoms with Gasteiger partial charge < -0.3 is 19.6 Å². The number of rotatable bonds is 8. The third-order valence-electron chi connectivity index (χ3n) is 5.79. The van der Waals surface area contributed by atoms with Crippen LogP contribution in [0.2, 0.25) is 0 Å².